The second-order valence-corrected chi connectivity index (χ2v) is 5.62. The molecular formula is C16H14O2S. The molecule has 3 heteroatoms. The van der Waals surface area contributed by atoms with Gasteiger partial charge in [-0.25, -0.2) is 4.79 Å². The number of benzene rings is 2. The van der Waals surface area contributed by atoms with E-state index >= 15 is 0 Å². The van der Waals surface area contributed by atoms with E-state index in [1.54, 1.807) is 11.3 Å². The van der Waals surface area contributed by atoms with Gasteiger partial charge in [-0.15, -0.1) is 11.3 Å². The Morgan fingerprint density at radius 2 is 1.95 bits per heavy atom. The SMILES string of the molecule is CCOC(=O)c1ccc2c(c1)sc1ccc(C)cc12. The molecule has 2 nitrogen and oxygen atoms in total. The van der Waals surface area contributed by atoms with Crippen LogP contribution in [0.2, 0.25) is 0 Å². The number of thiophene rings is 1. The van der Waals surface area contributed by atoms with Crippen LogP contribution >= 0.6 is 11.3 Å². The van der Waals surface area contributed by atoms with E-state index in [1.807, 2.05) is 25.1 Å². The minimum atomic E-state index is -0.252. The first kappa shape index (κ1) is 12.2. The van der Waals surface area contributed by atoms with Crippen molar-refractivity contribution in [3.63, 3.8) is 0 Å². The van der Waals surface area contributed by atoms with E-state index in [2.05, 4.69) is 25.1 Å². The molecular weight excluding hydrogens is 256 g/mol. The molecule has 0 saturated heterocycles. The summed E-state index contributed by atoms with van der Waals surface area (Å²) >= 11 is 1.71. The van der Waals surface area contributed by atoms with Gasteiger partial charge in [0.25, 0.3) is 0 Å². The van der Waals surface area contributed by atoms with E-state index in [-0.39, 0.29) is 5.97 Å². The van der Waals surface area contributed by atoms with Crippen molar-refractivity contribution < 1.29 is 9.53 Å². The fourth-order valence-corrected chi connectivity index (χ4v) is 3.36. The molecule has 0 saturated carbocycles. The molecule has 0 unspecified atom stereocenters. The van der Waals surface area contributed by atoms with Crippen molar-refractivity contribution in [2.45, 2.75) is 13.8 Å². The number of fused-ring (bicyclic) bond motifs is 3. The third-order valence-corrected chi connectivity index (χ3v) is 4.27. The van der Waals surface area contributed by atoms with Crippen molar-refractivity contribution in [1.82, 2.24) is 0 Å². The number of hydrogen-bond acceptors (Lipinski definition) is 3. The lowest BCUT2D eigenvalue weighted by Crippen LogP contribution is -2.03. The van der Waals surface area contributed by atoms with Crippen LogP contribution in [0.5, 0.6) is 0 Å². The Kier molecular flexibility index (Phi) is 2.99. The monoisotopic (exact) mass is 270 g/mol. The quantitative estimate of drug-likeness (QED) is 0.639. The number of aryl methyl sites for hydroxylation is 1. The van der Waals surface area contributed by atoms with Crippen LogP contribution in [-0.4, -0.2) is 12.6 Å². The standard InChI is InChI=1S/C16H14O2S/c1-3-18-16(17)11-5-6-12-13-8-10(2)4-7-14(13)19-15(12)9-11/h4-9H,3H2,1-2H3. The summed E-state index contributed by atoms with van der Waals surface area (Å²) in [5.41, 5.74) is 1.87. The first-order valence-corrected chi connectivity index (χ1v) is 7.10. The lowest BCUT2D eigenvalue weighted by Gasteiger charge is -2.01. The smallest absolute Gasteiger partial charge is 0.338 e. The average molecular weight is 270 g/mol. The third kappa shape index (κ3) is 2.10. The van der Waals surface area contributed by atoms with E-state index in [1.165, 1.54) is 21.0 Å². The summed E-state index contributed by atoms with van der Waals surface area (Å²) in [5.74, 6) is -0.252. The molecule has 3 aromatic rings. The van der Waals surface area contributed by atoms with Gasteiger partial charge in [0.05, 0.1) is 12.2 Å². The zero-order valence-electron chi connectivity index (χ0n) is 10.9. The normalized spacial score (nSPS) is 11.1. The zero-order chi connectivity index (χ0) is 13.4. The molecule has 0 atom stereocenters. The molecule has 0 N–H and O–H groups in total. The van der Waals surface area contributed by atoms with Crippen molar-refractivity contribution in [2.75, 3.05) is 6.61 Å². The molecule has 0 spiro atoms. The molecule has 0 amide bonds. The molecule has 1 heterocycles. The van der Waals surface area contributed by atoms with Gasteiger partial charge in [-0.3, -0.25) is 0 Å². The maximum Gasteiger partial charge on any atom is 0.338 e. The van der Waals surface area contributed by atoms with Crippen LogP contribution in [-0.2, 0) is 4.74 Å². The number of rotatable bonds is 2. The Morgan fingerprint density at radius 3 is 2.74 bits per heavy atom. The third-order valence-electron chi connectivity index (χ3n) is 3.14. The van der Waals surface area contributed by atoms with Crippen LogP contribution in [0.4, 0.5) is 0 Å². The number of carbonyl (C=O) groups excluding carboxylic acids is 1. The fraction of sp³-hybridized carbons (Fsp3) is 0.188. The molecule has 2 aromatic carbocycles. The van der Waals surface area contributed by atoms with Crippen LogP contribution < -0.4 is 0 Å². The molecule has 0 aliphatic carbocycles. The second kappa shape index (κ2) is 4.67. The zero-order valence-corrected chi connectivity index (χ0v) is 11.7. The van der Waals surface area contributed by atoms with Crippen LogP contribution in [0, 0.1) is 6.92 Å². The number of ether oxygens (including phenoxy) is 1. The van der Waals surface area contributed by atoms with Gasteiger partial charge in [0.15, 0.2) is 0 Å². The lowest BCUT2D eigenvalue weighted by molar-refractivity contribution is 0.0526. The van der Waals surface area contributed by atoms with E-state index in [0.717, 1.165) is 4.70 Å². The number of esters is 1. The van der Waals surface area contributed by atoms with Crippen LogP contribution in [0.15, 0.2) is 36.4 Å². The van der Waals surface area contributed by atoms with Gasteiger partial charge in [-0.2, -0.15) is 0 Å². The molecule has 96 valence electrons. The number of hydrogen-bond donors (Lipinski definition) is 0. The number of carbonyl (C=O) groups is 1. The van der Waals surface area contributed by atoms with Gasteiger partial charge >= 0.3 is 5.97 Å². The maximum absolute atomic E-state index is 11.7. The highest BCUT2D eigenvalue weighted by Crippen LogP contribution is 2.34. The van der Waals surface area contributed by atoms with Crippen molar-refractivity contribution >= 4 is 37.5 Å². The Balaban J connectivity index is 2.19. The van der Waals surface area contributed by atoms with Gasteiger partial charge < -0.3 is 4.74 Å². The molecule has 0 aliphatic heterocycles. The summed E-state index contributed by atoms with van der Waals surface area (Å²) in [6, 6.07) is 12.2. The summed E-state index contributed by atoms with van der Waals surface area (Å²) in [4.78, 5) is 11.7. The molecule has 3 rings (SSSR count). The van der Waals surface area contributed by atoms with Gasteiger partial charge in [0, 0.05) is 20.2 Å². The summed E-state index contributed by atoms with van der Waals surface area (Å²) in [6.07, 6.45) is 0. The van der Waals surface area contributed by atoms with Gasteiger partial charge in [0.1, 0.15) is 0 Å². The lowest BCUT2D eigenvalue weighted by atomic mass is 10.1. The summed E-state index contributed by atoms with van der Waals surface area (Å²) in [7, 11) is 0. The predicted molar refractivity (Wildman–Crippen MR) is 80.0 cm³/mol. The van der Waals surface area contributed by atoms with Crippen LogP contribution in [0.3, 0.4) is 0 Å². The van der Waals surface area contributed by atoms with Gasteiger partial charge in [-0.1, -0.05) is 17.7 Å². The first-order chi connectivity index (χ1) is 9.19. The van der Waals surface area contributed by atoms with Gasteiger partial charge in [-0.05, 0) is 38.1 Å². The van der Waals surface area contributed by atoms with Crippen molar-refractivity contribution in [3.05, 3.63) is 47.5 Å². The van der Waals surface area contributed by atoms with E-state index in [9.17, 15) is 4.79 Å². The topological polar surface area (TPSA) is 26.3 Å². The van der Waals surface area contributed by atoms with Crippen molar-refractivity contribution in [3.8, 4) is 0 Å². The summed E-state index contributed by atoms with van der Waals surface area (Å²) in [6.45, 7) is 4.32. The van der Waals surface area contributed by atoms with E-state index < -0.39 is 0 Å². The highest BCUT2D eigenvalue weighted by molar-refractivity contribution is 7.25. The minimum absolute atomic E-state index is 0.252. The molecule has 0 radical (unpaired) electrons. The molecule has 19 heavy (non-hydrogen) atoms. The summed E-state index contributed by atoms with van der Waals surface area (Å²) in [5, 5.41) is 2.46. The highest BCUT2D eigenvalue weighted by Gasteiger charge is 2.10. The maximum atomic E-state index is 11.7. The summed E-state index contributed by atoms with van der Waals surface area (Å²) < 4.78 is 7.42. The fourth-order valence-electron chi connectivity index (χ4n) is 2.23. The molecule has 0 bridgehead atoms. The Bertz CT molecular complexity index is 771. The van der Waals surface area contributed by atoms with Gasteiger partial charge in [0.2, 0.25) is 0 Å². The first-order valence-electron chi connectivity index (χ1n) is 6.29. The second-order valence-electron chi connectivity index (χ2n) is 4.53. The van der Waals surface area contributed by atoms with Crippen LogP contribution in [0.25, 0.3) is 20.2 Å². The van der Waals surface area contributed by atoms with Crippen molar-refractivity contribution in [1.29, 1.82) is 0 Å². The largest absolute Gasteiger partial charge is 0.462 e. The van der Waals surface area contributed by atoms with Crippen LogP contribution in [0.1, 0.15) is 22.8 Å². The van der Waals surface area contributed by atoms with E-state index in [4.69, 9.17) is 4.74 Å². The van der Waals surface area contributed by atoms with E-state index in [0.29, 0.717) is 12.2 Å². The average Bonchev–Trinajstić information content (AvgIpc) is 2.76. The molecule has 0 aliphatic rings. The van der Waals surface area contributed by atoms with Crippen molar-refractivity contribution in [2.24, 2.45) is 0 Å². The predicted octanol–water partition coefficient (Wildman–Crippen LogP) is 4.54. The Morgan fingerprint density at radius 1 is 1.11 bits per heavy atom. The minimum Gasteiger partial charge on any atom is -0.462 e. The Hall–Kier alpha value is -1.87. The highest BCUT2D eigenvalue weighted by atomic mass is 32.1. The molecule has 0 fully saturated rings. The Labute approximate surface area is 115 Å². The molecule has 1 aromatic heterocycles.